The lowest BCUT2D eigenvalue weighted by Crippen LogP contribution is -2.08. The van der Waals surface area contributed by atoms with Crippen molar-refractivity contribution in [3.05, 3.63) is 29.3 Å². The Kier molecular flexibility index (Phi) is 4.47. The van der Waals surface area contributed by atoms with Crippen LogP contribution in [0, 0.1) is 6.92 Å². The van der Waals surface area contributed by atoms with Gasteiger partial charge in [-0.1, -0.05) is 25.1 Å². The summed E-state index contributed by atoms with van der Waals surface area (Å²) in [6, 6.07) is 6.26. The summed E-state index contributed by atoms with van der Waals surface area (Å²) in [7, 11) is 1.95. The Morgan fingerprint density at radius 2 is 2.14 bits per heavy atom. The van der Waals surface area contributed by atoms with Gasteiger partial charge < -0.3 is 10.1 Å². The highest BCUT2D eigenvalue weighted by molar-refractivity contribution is 5.40. The van der Waals surface area contributed by atoms with Gasteiger partial charge in [0.15, 0.2) is 0 Å². The van der Waals surface area contributed by atoms with Crippen molar-refractivity contribution < 1.29 is 4.74 Å². The Morgan fingerprint density at radius 3 is 2.79 bits per heavy atom. The van der Waals surface area contributed by atoms with Gasteiger partial charge in [0.05, 0.1) is 6.61 Å². The second-order valence-electron chi connectivity index (χ2n) is 3.44. The quantitative estimate of drug-likeness (QED) is 0.775. The van der Waals surface area contributed by atoms with Crippen LogP contribution in [0.25, 0.3) is 0 Å². The summed E-state index contributed by atoms with van der Waals surface area (Å²) < 4.78 is 5.73. The number of nitrogens with one attached hydrogen (secondary N) is 1. The molecule has 0 fully saturated rings. The van der Waals surface area contributed by atoms with Crippen LogP contribution in [-0.4, -0.2) is 13.7 Å². The summed E-state index contributed by atoms with van der Waals surface area (Å²) in [5, 5.41) is 3.15. The van der Waals surface area contributed by atoms with E-state index in [4.69, 9.17) is 4.74 Å². The van der Waals surface area contributed by atoms with Gasteiger partial charge in [-0.3, -0.25) is 0 Å². The third-order valence-corrected chi connectivity index (χ3v) is 2.11. The molecule has 1 aromatic rings. The van der Waals surface area contributed by atoms with E-state index in [1.54, 1.807) is 0 Å². The molecule has 0 aliphatic rings. The minimum atomic E-state index is 0.793. The summed E-state index contributed by atoms with van der Waals surface area (Å²) in [5.41, 5.74) is 2.45. The highest BCUT2D eigenvalue weighted by Crippen LogP contribution is 2.23. The van der Waals surface area contributed by atoms with E-state index in [2.05, 4.69) is 37.4 Å². The second-order valence-corrected chi connectivity index (χ2v) is 3.44. The number of hydrogen-bond donors (Lipinski definition) is 1. The molecule has 14 heavy (non-hydrogen) atoms. The fourth-order valence-corrected chi connectivity index (χ4v) is 1.45. The number of para-hydroxylation sites is 1. The molecule has 0 aliphatic heterocycles. The predicted molar refractivity (Wildman–Crippen MR) is 59.7 cm³/mol. The van der Waals surface area contributed by atoms with Gasteiger partial charge in [-0.05, 0) is 26.0 Å². The van der Waals surface area contributed by atoms with E-state index in [0.29, 0.717) is 0 Å². The van der Waals surface area contributed by atoms with E-state index in [1.807, 2.05) is 7.05 Å². The first-order valence-electron chi connectivity index (χ1n) is 5.15. The summed E-state index contributed by atoms with van der Waals surface area (Å²) >= 11 is 0. The van der Waals surface area contributed by atoms with E-state index >= 15 is 0 Å². The molecule has 0 spiro atoms. The highest BCUT2D eigenvalue weighted by Gasteiger charge is 2.04. The molecule has 1 aromatic carbocycles. The van der Waals surface area contributed by atoms with Crippen molar-refractivity contribution in [3.63, 3.8) is 0 Å². The fraction of sp³-hybridized carbons (Fsp3) is 0.500. The summed E-state index contributed by atoms with van der Waals surface area (Å²) in [4.78, 5) is 0. The fourth-order valence-electron chi connectivity index (χ4n) is 1.45. The van der Waals surface area contributed by atoms with E-state index in [-0.39, 0.29) is 0 Å². The lowest BCUT2D eigenvalue weighted by Gasteiger charge is -2.13. The van der Waals surface area contributed by atoms with E-state index < -0.39 is 0 Å². The third-order valence-electron chi connectivity index (χ3n) is 2.11. The van der Waals surface area contributed by atoms with Gasteiger partial charge >= 0.3 is 0 Å². The van der Waals surface area contributed by atoms with Gasteiger partial charge in [0.25, 0.3) is 0 Å². The minimum absolute atomic E-state index is 0.793. The molecule has 2 nitrogen and oxygen atoms in total. The average molecular weight is 193 g/mol. The lowest BCUT2D eigenvalue weighted by atomic mass is 10.1. The van der Waals surface area contributed by atoms with Crippen LogP contribution in [0.4, 0.5) is 0 Å². The van der Waals surface area contributed by atoms with Crippen molar-refractivity contribution in [1.29, 1.82) is 0 Å². The van der Waals surface area contributed by atoms with E-state index in [0.717, 1.165) is 25.3 Å². The van der Waals surface area contributed by atoms with E-state index in [9.17, 15) is 0 Å². The van der Waals surface area contributed by atoms with Gasteiger partial charge in [0.2, 0.25) is 0 Å². The molecule has 2 heteroatoms. The number of hydrogen-bond acceptors (Lipinski definition) is 2. The van der Waals surface area contributed by atoms with Crippen LogP contribution in [0.5, 0.6) is 5.75 Å². The largest absolute Gasteiger partial charge is 0.493 e. The van der Waals surface area contributed by atoms with Gasteiger partial charge in [0.1, 0.15) is 5.75 Å². The second kappa shape index (κ2) is 5.66. The van der Waals surface area contributed by atoms with Crippen molar-refractivity contribution >= 4 is 0 Å². The lowest BCUT2D eigenvalue weighted by molar-refractivity contribution is 0.311. The first kappa shape index (κ1) is 11.1. The first-order chi connectivity index (χ1) is 6.79. The maximum Gasteiger partial charge on any atom is 0.126 e. The van der Waals surface area contributed by atoms with E-state index in [1.165, 1.54) is 11.1 Å². The Balaban J connectivity index is 2.84. The number of ether oxygens (including phenoxy) is 1. The number of benzene rings is 1. The number of aryl methyl sites for hydroxylation is 1. The Morgan fingerprint density at radius 1 is 1.36 bits per heavy atom. The standard InChI is InChI=1S/C12H19NO/c1-4-8-14-12-10(2)6-5-7-11(12)9-13-3/h5-7,13H,4,8-9H2,1-3H3. The molecule has 0 heterocycles. The predicted octanol–water partition coefficient (Wildman–Crippen LogP) is 2.50. The van der Waals surface area contributed by atoms with Crippen LogP contribution >= 0.6 is 0 Å². The van der Waals surface area contributed by atoms with Crippen LogP contribution < -0.4 is 10.1 Å². The molecule has 0 amide bonds. The van der Waals surface area contributed by atoms with Crippen molar-refractivity contribution in [1.82, 2.24) is 5.32 Å². The smallest absolute Gasteiger partial charge is 0.126 e. The molecule has 0 aromatic heterocycles. The zero-order valence-corrected chi connectivity index (χ0v) is 9.26. The first-order valence-corrected chi connectivity index (χ1v) is 5.15. The van der Waals surface area contributed by atoms with Crippen LogP contribution in [-0.2, 0) is 6.54 Å². The average Bonchev–Trinajstić information content (AvgIpc) is 2.18. The van der Waals surface area contributed by atoms with Gasteiger partial charge in [-0.15, -0.1) is 0 Å². The molecule has 0 saturated heterocycles. The Labute approximate surface area is 86.3 Å². The van der Waals surface area contributed by atoms with Gasteiger partial charge in [-0.2, -0.15) is 0 Å². The van der Waals surface area contributed by atoms with Crippen LogP contribution in [0.2, 0.25) is 0 Å². The highest BCUT2D eigenvalue weighted by atomic mass is 16.5. The normalized spacial score (nSPS) is 10.2. The zero-order valence-electron chi connectivity index (χ0n) is 9.26. The van der Waals surface area contributed by atoms with Crippen molar-refractivity contribution in [2.45, 2.75) is 26.8 Å². The molecule has 1 N–H and O–H groups in total. The molecule has 78 valence electrons. The van der Waals surface area contributed by atoms with Gasteiger partial charge in [-0.25, -0.2) is 0 Å². The van der Waals surface area contributed by atoms with Crippen LogP contribution in [0.3, 0.4) is 0 Å². The Hall–Kier alpha value is -1.02. The topological polar surface area (TPSA) is 21.3 Å². The Bertz CT molecular complexity index is 284. The summed E-state index contributed by atoms with van der Waals surface area (Å²) in [5.74, 6) is 1.05. The van der Waals surface area contributed by atoms with Crippen molar-refractivity contribution in [2.24, 2.45) is 0 Å². The zero-order chi connectivity index (χ0) is 10.4. The van der Waals surface area contributed by atoms with Crippen LogP contribution in [0.15, 0.2) is 18.2 Å². The maximum absolute atomic E-state index is 5.73. The van der Waals surface area contributed by atoms with Gasteiger partial charge in [0, 0.05) is 12.1 Å². The van der Waals surface area contributed by atoms with Crippen LogP contribution in [0.1, 0.15) is 24.5 Å². The summed E-state index contributed by atoms with van der Waals surface area (Å²) in [6.07, 6.45) is 1.05. The number of rotatable bonds is 5. The molecular weight excluding hydrogens is 174 g/mol. The molecule has 1 rings (SSSR count). The molecular formula is C12H19NO. The molecule has 0 atom stereocenters. The molecule has 0 radical (unpaired) electrons. The maximum atomic E-state index is 5.73. The van der Waals surface area contributed by atoms with Crippen molar-refractivity contribution in [2.75, 3.05) is 13.7 Å². The monoisotopic (exact) mass is 193 g/mol. The molecule has 0 saturated carbocycles. The molecule has 0 unspecified atom stereocenters. The SMILES string of the molecule is CCCOc1c(C)cccc1CNC. The summed E-state index contributed by atoms with van der Waals surface area (Å²) in [6.45, 7) is 5.86. The third kappa shape index (κ3) is 2.74. The van der Waals surface area contributed by atoms with Crippen molar-refractivity contribution in [3.8, 4) is 5.75 Å². The molecule has 0 bridgehead atoms. The molecule has 0 aliphatic carbocycles. The minimum Gasteiger partial charge on any atom is -0.493 e.